The van der Waals surface area contributed by atoms with Gasteiger partial charge in [-0.05, 0) is 17.7 Å². The minimum atomic E-state index is -0.491. The number of ether oxygens (including phenoxy) is 1. The molecule has 3 aromatic rings. The zero-order chi connectivity index (χ0) is 13.2. The Morgan fingerprint density at radius 2 is 2.16 bits per heavy atom. The summed E-state index contributed by atoms with van der Waals surface area (Å²) in [6.07, 6.45) is 2.78. The summed E-state index contributed by atoms with van der Waals surface area (Å²) in [6, 6.07) is 4.55. The fourth-order valence-electron chi connectivity index (χ4n) is 1.68. The number of hydrogen-bond acceptors (Lipinski definition) is 5. The van der Waals surface area contributed by atoms with Crippen molar-refractivity contribution >= 4 is 11.2 Å². The normalized spacial score (nSPS) is 10.8. The average molecular weight is 259 g/mol. The number of nitrogens with zero attached hydrogens (tertiary/aromatic N) is 3. The summed E-state index contributed by atoms with van der Waals surface area (Å²) in [6.45, 7) is 0.273. The molecule has 0 atom stereocenters. The van der Waals surface area contributed by atoms with E-state index in [1.807, 2.05) is 0 Å². The lowest BCUT2D eigenvalue weighted by Gasteiger charge is -2.07. The number of nitrogens with one attached hydrogen (secondary N) is 1. The first kappa shape index (κ1) is 11.5. The summed E-state index contributed by atoms with van der Waals surface area (Å²) < 4.78 is 19.2. The fourth-order valence-corrected chi connectivity index (χ4v) is 1.68. The van der Waals surface area contributed by atoms with Gasteiger partial charge >= 0.3 is 0 Å². The van der Waals surface area contributed by atoms with Crippen LogP contribution in [0.2, 0.25) is 0 Å². The number of rotatable bonds is 3. The van der Waals surface area contributed by atoms with Crippen LogP contribution in [-0.4, -0.2) is 19.9 Å². The molecule has 96 valence electrons. The number of fused-ring (bicyclic) bond motifs is 1. The van der Waals surface area contributed by atoms with Crippen LogP contribution in [0.3, 0.4) is 0 Å². The minimum absolute atomic E-state index is 0.0757. The minimum Gasteiger partial charge on any atom is -0.434 e. The molecule has 0 aliphatic rings. The topological polar surface area (TPSA) is 89.7 Å². The molecule has 0 saturated heterocycles. The van der Waals surface area contributed by atoms with Gasteiger partial charge in [0.1, 0.15) is 11.8 Å². The summed E-state index contributed by atoms with van der Waals surface area (Å²) in [5, 5.41) is 0. The smallest absolute Gasteiger partial charge is 0.248 e. The van der Waals surface area contributed by atoms with Crippen LogP contribution in [0.1, 0.15) is 5.56 Å². The van der Waals surface area contributed by atoms with Crippen LogP contribution in [0.15, 0.2) is 30.9 Å². The predicted octanol–water partition coefficient (Wildman–Crippen LogP) is 1.74. The summed E-state index contributed by atoms with van der Waals surface area (Å²) in [5.41, 5.74) is 7.11. The van der Waals surface area contributed by atoms with E-state index in [4.69, 9.17) is 10.5 Å². The molecule has 0 saturated carbocycles. The van der Waals surface area contributed by atoms with Crippen molar-refractivity contribution in [1.29, 1.82) is 0 Å². The number of nitrogens with two attached hydrogens (primary N) is 1. The molecule has 0 aliphatic carbocycles. The second-order valence-electron chi connectivity index (χ2n) is 3.85. The number of H-pyrrole nitrogens is 1. The molecule has 0 unspecified atom stereocenters. The number of hydrogen-bond donors (Lipinski definition) is 2. The molecule has 2 heterocycles. The molecular weight excluding hydrogens is 249 g/mol. The first-order valence-electron chi connectivity index (χ1n) is 5.58. The zero-order valence-electron chi connectivity index (χ0n) is 9.80. The summed E-state index contributed by atoms with van der Waals surface area (Å²) in [5.74, 6) is -0.192. The summed E-state index contributed by atoms with van der Waals surface area (Å²) in [4.78, 5) is 14.7. The molecule has 1 aromatic carbocycles. The molecule has 6 nitrogen and oxygen atoms in total. The Morgan fingerprint density at radius 1 is 1.26 bits per heavy atom. The molecule has 0 bridgehead atoms. The van der Waals surface area contributed by atoms with E-state index in [0.29, 0.717) is 16.7 Å². The Hall–Kier alpha value is -2.54. The van der Waals surface area contributed by atoms with Gasteiger partial charge in [0.25, 0.3) is 0 Å². The van der Waals surface area contributed by atoms with Crippen molar-refractivity contribution in [2.75, 3.05) is 0 Å². The maximum absolute atomic E-state index is 13.8. The van der Waals surface area contributed by atoms with Gasteiger partial charge < -0.3 is 15.5 Å². The van der Waals surface area contributed by atoms with Gasteiger partial charge in [0, 0.05) is 6.54 Å². The summed E-state index contributed by atoms with van der Waals surface area (Å²) >= 11 is 0. The highest BCUT2D eigenvalue weighted by molar-refractivity contribution is 5.75. The number of aromatic nitrogens is 4. The van der Waals surface area contributed by atoms with Crippen molar-refractivity contribution in [3.63, 3.8) is 0 Å². The molecule has 0 radical (unpaired) electrons. The van der Waals surface area contributed by atoms with Crippen LogP contribution in [0.25, 0.3) is 11.2 Å². The molecule has 19 heavy (non-hydrogen) atoms. The third-order valence-electron chi connectivity index (χ3n) is 2.63. The van der Waals surface area contributed by atoms with Gasteiger partial charge in [-0.2, -0.15) is 4.98 Å². The SMILES string of the molecule is NCc1ccc(Oc2ncnc3nc[nH]c23)c(F)c1. The molecule has 0 fully saturated rings. The van der Waals surface area contributed by atoms with Gasteiger partial charge in [0.05, 0.1) is 6.33 Å². The standard InChI is InChI=1S/C12H10FN5O/c13-8-3-7(4-14)1-2-9(8)19-12-10-11(16-5-15-10)17-6-18-12/h1-3,5-6H,4,14H2,(H,15,16,17,18). The molecule has 0 amide bonds. The Morgan fingerprint density at radius 3 is 2.95 bits per heavy atom. The van der Waals surface area contributed by atoms with E-state index in [9.17, 15) is 4.39 Å². The first-order chi connectivity index (χ1) is 9.28. The third kappa shape index (κ3) is 2.11. The number of imidazole rings is 1. The van der Waals surface area contributed by atoms with Crippen molar-refractivity contribution in [2.45, 2.75) is 6.54 Å². The van der Waals surface area contributed by atoms with Crippen molar-refractivity contribution in [3.05, 3.63) is 42.2 Å². The molecule has 0 spiro atoms. The zero-order valence-corrected chi connectivity index (χ0v) is 9.80. The monoisotopic (exact) mass is 259 g/mol. The Bertz CT molecular complexity index is 727. The number of halogens is 1. The summed E-state index contributed by atoms with van der Waals surface area (Å²) in [7, 11) is 0. The third-order valence-corrected chi connectivity index (χ3v) is 2.63. The van der Waals surface area contributed by atoms with E-state index >= 15 is 0 Å². The highest BCUT2D eigenvalue weighted by Gasteiger charge is 2.11. The van der Waals surface area contributed by atoms with Gasteiger partial charge in [0.2, 0.25) is 5.88 Å². The predicted molar refractivity (Wildman–Crippen MR) is 66.0 cm³/mol. The average Bonchev–Trinajstić information content (AvgIpc) is 2.90. The van der Waals surface area contributed by atoms with Crippen LogP contribution in [0, 0.1) is 5.82 Å². The second kappa shape index (κ2) is 4.62. The fraction of sp³-hybridized carbons (Fsp3) is 0.0833. The van der Waals surface area contributed by atoms with Crippen molar-refractivity contribution in [1.82, 2.24) is 19.9 Å². The van der Waals surface area contributed by atoms with E-state index in [1.54, 1.807) is 6.07 Å². The maximum Gasteiger partial charge on any atom is 0.248 e. The first-order valence-corrected chi connectivity index (χ1v) is 5.58. The van der Waals surface area contributed by atoms with E-state index < -0.39 is 5.82 Å². The van der Waals surface area contributed by atoms with Crippen molar-refractivity contribution in [3.8, 4) is 11.6 Å². The lowest BCUT2D eigenvalue weighted by atomic mass is 10.2. The lowest BCUT2D eigenvalue weighted by Crippen LogP contribution is -1.98. The van der Waals surface area contributed by atoms with Crippen molar-refractivity contribution < 1.29 is 9.13 Å². The van der Waals surface area contributed by atoms with Crippen LogP contribution >= 0.6 is 0 Å². The number of benzene rings is 1. The van der Waals surface area contributed by atoms with Gasteiger partial charge in [0.15, 0.2) is 17.2 Å². The van der Waals surface area contributed by atoms with Gasteiger partial charge in [-0.1, -0.05) is 6.07 Å². The van der Waals surface area contributed by atoms with E-state index in [1.165, 1.54) is 24.8 Å². The van der Waals surface area contributed by atoms with E-state index in [0.717, 1.165) is 0 Å². The molecule has 0 aliphatic heterocycles. The quantitative estimate of drug-likeness (QED) is 0.747. The Balaban J connectivity index is 1.99. The van der Waals surface area contributed by atoms with Crippen LogP contribution in [0.4, 0.5) is 4.39 Å². The second-order valence-corrected chi connectivity index (χ2v) is 3.85. The lowest BCUT2D eigenvalue weighted by molar-refractivity contribution is 0.430. The number of aromatic amines is 1. The molecule has 3 N–H and O–H groups in total. The molecule has 2 aromatic heterocycles. The van der Waals surface area contributed by atoms with Crippen LogP contribution in [-0.2, 0) is 6.54 Å². The molecule has 3 rings (SSSR count). The van der Waals surface area contributed by atoms with E-state index in [-0.39, 0.29) is 18.2 Å². The Labute approximate surface area is 107 Å². The van der Waals surface area contributed by atoms with Gasteiger partial charge in [-0.15, -0.1) is 0 Å². The van der Waals surface area contributed by atoms with Gasteiger partial charge in [-0.3, -0.25) is 0 Å². The van der Waals surface area contributed by atoms with E-state index in [2.05, 4.69) is 19.9 Å². The maximum atomic E-state index is 13.8. The van der Waals surface area contributed by atoms with Crippen molar-refractivity contribution in [2.24, 2.45) is 5.73 Å². The molecular formula is C12H10FN5O. The highest BCUT2D eigenvalue weighted by Crippen LogP contribution is 2.27. The van der Waals surface area contributed by atoms with Crippen LogP contribution < -0.4 is 10.5 Å². The highest BCUT2D eigenvalue weighted by atomic mass is 19.1. The Kier molecular flexibility index (Phi) is 2.81. The molecule has 7 heteroatoms. The van der Waals surface area contributed by atoms with Gasteiger partial charge in [-0.25, -0.2) is 14.4 Å². The largest absolute Gasteiger partial charge is 0.434 e. The van der Waals surface area contributed by atoms with Crippen LogP contribution in [0.5, 0.6) is 11.6 Å².